The number of hydrogen-bond donors (Lipinski definition) is 0. The Bertz CT molecular complexity index is 601. The molecule has 0 radical (unpaired) electrons. The van der Waals surface area contributed by atoms with Gasteiger partial charge in [-0.15, -0.1) is 0 Å². The van der Waals surface area contributed by atoms with E-state index in [1.807, 2.05) is 29.1 Å². The number of nitrogens with zero attached hydrogens (tertiary/aromatic N) is 3. The molecular weight excluding hydrogens is 306 g/mol. The van der Waals surface area contributed by atoms with Crippen LogP contribution < -0.4 is 4.74 Å². The summed E-state index contributed by atoms with van der Waals surface area (Å²) in [6.07, 6.45) is 4.52. The van der Waals surface area contributed by atoms with Gasteiger partial charge in [0.2, 0.25) is 0 Å². The predicted octanol–water partition coefficient (Wildman–Crippen LogP) is 3.85. The zero-order chi connectivity index (χ0) is 13.7. The molecule has 98 valence electrons. The second kappa shape index (κ2) is 6.39. The fraction of sp³-hybridized carbons (Fsp3) is 0.286. The number of hydrogen-bond acceptors (Lipinski definition) is 3. The average molecular weight is 320 g/mol. The summed E-state index contributed by atoms with van der Waals surface area (Å²) in [5.41, 5.74) is 1.57. The van der Waals surface area contributed by atoms with Crippen LogP contribution in [0.4, 0.5) is 0 Å². The number of aryl methyl sites for hydroxylation is 1. The first-order chi connectivity index (χ1) is 9.26. The van der Waals surface area contributed by atoms with Crippen molar-refractivity contribution in [1.82, 2.24) is 9.78 Å². The number of halogens is 1. The Kier molecular flexibility index (Phi) is 4.58. The first-order valence-electron chi connectivity index (χ1n) is 6.06. The second-order valence-electron chi connectivity index (χ2n) is 4.12. The van der Waals surface area contributed by atoms with Crippen molar-refractivity contribution in [2.24, 2.45) is 0 Å². The molecule has 0 N–H and O–H groups in total. The fourth-order valence-electron chi connectivity index (χ4n) is 1.71. The van der Waals surface area contributed by atoms with Crippen LogP contribution in [-0.4, -0.2) is 9.78 Å². The van der Waals surface area contributed by atoms with E-state index < -0.39 is 0 Å². The number of ether oxygens (including phenoxy) is 1. The summed E-state index contributed by atoms with van der Waals surface area (Å²) in [5, 5.41) is 14.1. The maximum absolute atomic E-state index is 9.14. The van der Waals surface area contributed by atoms with E-state index in [9.17, 15) is 0 Å². The highest BCUT2D eigenvalue weighted by atomic mass is 79.9. The van der Waals surface area contributed by atoms with Crippen LogP contribution in [0.25, 0.3) is 0 Å². The highest BCUT2D eigenvalue weighted by molar-refractivity contribution is 9.08. The smallest absolute Gasteiger partial charge is 0.165 e. The summed E-state index contributed by atoms with van der Waals surface area (Å²) < 4.78 is 7.53. The van der Waals surface area contributed by atoms with Crippen LogP contribution in [0.3, 0.4) is 0 Å². The summed E-state index contributed by atoms with van der Waals surface area (Å²) in [7, 11) is 0. The molecule has 0 aliphatic carbocycles. The van der Waals surface area contributed by atoms with Gasteiger partial charge >= 0.3 is 0 Å². The van der Waals surface area contributed by atoms with E-state index in [-0.39, 0.29) is 0 Å². The maximum Gasteiger partial charge on any atom is 0.165 e. The Balaban J connectivity index is 2.20. The van der Waals surface area contributed by atoms with Crippen molar-refractivity contribution in [2.75, 3.05) is 0 Å². The third-order valence-corrected chi connectivity index (χ3v) is 3.26. The average Bonchev–Trinajstić information content (AvgIpc) is 2.87. The molecule has 0 spiro atoms. The fourth-order valence-corrected chi connectivity index (χ4v) is 2.06. The summed E-state index contributed by atoms with van der Waals surface area (Å²) in [4.78, 5) is 0. The molecule has 0 aliphatic rings. The number of aromatic nitrogens is 2. The zero-order valence-corrected chi connectivity index (χ0v) is 12.2. The Morgan fingerprint density at radius 2 is 2.32 bits per heavy atom. The lowest BCUT2D eigenvalue weighted by Gasteiger charge is -2.06. The molecule has 2 aromatic rings. The summed E-state index contributed by atoms with van der Waals surface area (Å²) in [6.45, 7) is 2.95. The minimum absolute atomic E-state index is 0.528. The highest BCUT2D eigenvalue weighted by Gasteiger charge is 2.07. The van der Waals surface area contributed by atoms with Crippen molar-refractivity contribution in [1.29, 1.82) is 5.26 Å². The molecule has 0 saturated carbocycles. The molecule has 1 aromatic carbocycles. The summed E-state index contributed by atoms with van der Waals surface area (Å²) in [5.74, 6) is 1.21. The number of benzene rings is 1. The van der Waals surface area contributed by atoms with E-state index in [1.165, 1.54) is 0 Å². The molecule has 2 rings (SSSR count). The highest BCUT2D eigenvalue weighted by Crippen LogP contribution is 2.26. The van der Waals surface area contributed by atoms with Gasteiger partial charge in [0.25, 0.3) is 0 Å². The van der Waals surface area contributed by atoms with Crippen LogP contribution in [0.1, 0.15) is 24.5 Å². The van der Waals surface area contributed by atoms with E-state index in [0.717, 1.165) is 23.9 Å². The van der Waals surface area contributed by atoms with Gasteiger partial charge in [0.05, 0.1) is 18.0 Å². The normalized spacial score (nSPS) is 10.2. The molecule has 19 heavy (non-hydrogen) atoms. The van der Waals surface area contributed by atoms with Crippen molar-refractivity contribution in [3.8, 4) is 17.6 Å². The number of nitriles is 1. The lowest BCUT2D eigenvalue weighted by molar-refractivity contribution is 0.479. The largest absolute Gasteiger partial charge is 0.453 e. The minimum atomic E-state index is 0.528. The number of alkyl halides is 1. The van der Waals surface area contributed by atoms with Crippen LogP contribution in [0, 0.1) is 11.3 Å². The van der Waals surface area contributed by atoms with Crippen LogP contribution in [0.5, 0.6) is 11.5 Å². The lowest BCUT2D eigenvalue weighted by Crippen LogP contribution is -1.95. The van der Waals surface area contributed by atoms with Crippen LogP contribution in [0.2, 0.25) is 0 Å². The third-order valence-electron chi connectivity index (χ3n) is 2.61. The molecule has 1 aromatic heterocycles. The third kappa shape index (κ3) is 3.36. The molecule has 0 amide bonds. The van der Waals surface area contributed by atoms with E-state index in [4.69, 9.17) is 10.00 Å². The van der Waals surface area contributed by atoms with Crippen molar-refractivity contribution in [2.45, 2.75) is 25.2 Å². The molecule has 1 heterocycles. The van der Waals surface area contributed by atoms with Gasteiger partial charge in [-0.05, 0) is 24.1 Å². The first kappa shape index (κ1) is 13.6. The Morgan fingerprint density at radius 3 is 3.00 bits per heavy atom. The van der Waals surface area contributed by atoms with Crippen molar-refractivity contribution < 1.29 is 4.74 Å². The second-order valence-corrected chi connectivity index (χ2v) is 4.68. The van der Waals surface area contributed by atoms with Gasteiger partial charge < -0.3 is 4.74 Å². The van der Waals surface area contributed by atoms with Crippen LogP contribution in [0.15, 0.2) is 30.6 Å². The predicted molar refractivity (Wildman–Crippen MR) is 76.4 cm³/mol. The van der Waals surface area contributed by atoms with Crippen LogP contribution >= 0.6 is 15.9 Å². The molecule has 0 atom stereocenters. The maximum atomic E-state index is 9.14. The Hall–Kier alpha value is -1.80. The summed E-state index contributed by atoms with van der Waals surface area (Å²) >= 11 is 3.37. The van der Waals surface area contributed by atoms with Gasteiger partial charge in [0, 0.05) is 11.9 Å². The van der Waals surface area contributed by atoms with Gasteiger partial charge in [0.15, 0.2) is 5.75 Å². The van der Waals surface area contributed by atoms with E-state index in [1.54, 1.807) is 6.20 Å². The number of rotatable bonds is 5. The van der Waals surface area contributed by atoms with E-state index in [0.29, 0.717) is 17.1 Å². The Labute approximate surface area is 120 Å². The standard InChI is InChI=1S/C14H14BrN3O/c1-2-5-18-10-13(9-17-18)19-14-4-3-11(7-15)6-12(14)8-16/h3-4,6,9-10H,2,5,7H2,1H3. The van der Waals surface area contributed by atoms with E-state index in [2.05, 4.69) is 34.0 Å². The first-order valence-corrected chi connectivity index (χ1v) is 7.18. The zero-order valence-electron chi connectivity index (χ0n) is 10.6. The monoisotopic (exact) mass is 319 g/mol. The molecular formula is C14H14BrN3O. The van der Waals surface area contributed by atoms with Crippen molar-refractivity contribution in [3.05, 3.63) is 41.7 Å². The van der Waals surface area contributed by atoms with Crippen molar-refractivity contribution in [3.63, 3.8) is 0 Å². The molecule has 0 bridgehead atoms. The van der Waals surface area contributed by atoms with E-state index >= 15 is 0 Å². The quantitative estimate of drug-likeness (QED) is 0.786. The topological polar surface area (TPSA) is 50.8 Å². The van der Waals surface area contributed by atoms with Crippen molar-refractivity contribution >= 4 is 15.9 Å². The minimum Gasteiger partial charge on any atom is -0.453 e. The van der Waals surface area contributed by atoms with Crippen LogP contribution in [-0.2, 0) is 11.9 Å². The Morgan fingerprint density at radius 1 is 1.47 bits per heavy atom. The molecule has 0 aliphatic heterocycles. The molecule has 0 unspecified atom stereocenters. The molecule has 4 nitrogen and oxygen atoms in total. The van der Waals surface area contributed by atoms with Gasteiger partial charge in [-0.2, -0.15) is 10.4 Å². The van der Waals surface area contributed by atoms with Gasteiger partial charge in [-0.25, -0.2) is 0 Å². The molecule has 0 saturated heterocycles. The molecule has 5 heteroatoms. The lowest BCUT2D eigenvalue weighted by atomic mass is 10.1. The summed E-state index contributed by atoms with van der Waals surface area (Å²) in [6, 6.07) is 7.71. The molecule has 0 fully saturated rings. The van der Waals surface area contributed by atoms with Gasteiger partial charge in [0.1, 0.15) is 11.8 Å². The van der Waals surface area contributed by atoms with Gasteiger partial charge in [-0.3, -0.25) is 4.68 Å². The SMILES string of the molecule is CCCn1cc(Oc2ccc(CBr)cc2C#N)cn1. The van der Waals surface area contributed by atoms with Gasteiger partial charge in [-0.1, -0.05) is 28.9 Å².